The summed E-state index contributed by atoms with van der Waals surface area (Å²) in [5, 5.41) is 16.3. The number of nitrogens with one attached hydrogen (secondary N) is 1. The predicted molar refractivity (Wildman–Crippen MR) is 78.5 cm³/mol. The highest BCUT2D eigenvalue weighted by atomic mass is 15.4. The molecule has 0 fully saturated rings. The second-order valence-electron chi connectivity index (χ2n) is 5.08. The van der Waals surface area contributed by atoms with E-state index in [4.69, 9.17) is 0 Å². The largest absolute Gasteiger partial charge is 0.305 e. The topological polar surface area (TPSA) is 60.6 Å². The molecule has 2 rings (SSSR count). The van der Waals surface area contributed by atoms with Gasteiger partial charge in [0.15, 0.2) is 0 Å². The van der Waals surface area contributed by atoms with Gasteiger partial charge in [-0.2, -0.15) is 5.10 Å². The van der Waals surface area contributed by atoms with Crippen LogP contribution in [-0.4, -0.2) is 31.3 Å². The lowest BCUT2D eigenvalue weighted by Gasteiger charge is -2.19. The summed E-state index contributed by atoms with van der Waals surface area (Å²) in [7, 11) is 1.98. The van der Waals surface area contributed by atoms with Gasteiger partial charge in [-0.15, -0.1) is 5.10 Å². The first kappa shape index (κ1) is 14.7. The van der Waals surface area contributed by atoms with Gasteiger partial charge in [0.2, 0.25) is 0 Å². The Bertz CT molecular complexity index is 568. The van der Waals surface area contributed by atoms with Crippen LogP contribution in [-0.2, 0) is 13.6 Å². The standard InChI is InChI=1S/C14H24N6/c1-6-8-20-12(9-16-18-20)14(15-7-2)13-10(3)17-19(5)11(13)4/h9,14-15H,6-8H2,1-5H3. The summed E-state index contributed by atoms with van der Waals surface area (Å²) in [6.07, 6.45) is 2.90. The zero-order chi connectivity index (χ0) is 14.7. The minimum atomic E-state index is 0.0928. The minimum Gasteiger partial charge on any atom is -0.305 e. The highest BCUT2D eigenvalue weighted by Crippen LogP contribution is 2.27. The van der Waals surface area contributed by atoms with Crippen LogP contribution < -0.4 is 5.32 Å². The molecule has 2 heterocycles. The summed E-state index contributed by atoms with van der Waals surface area (Å²) in [4.78, 5) is 0. The number of hydrogen-bond acceptors (Lipinski definition) is 4. The molecule has 0 aliphatic heterocycles. The Kier molecular flexibility index (Phi) is 4.54. The first-order valence-electron chi connectivity index (χ1n) is 7.21. The minimum absolute atomic E-state index is 0.0928. The molecule has 0 spiro atoms. The zero-order valence-corrected chi connectivity index (χ0v) is 13.0. The quantitative estimate of drug-likeness (QED) is 0.873. The second kappa shape index (κ2) is 6.17. The highest BCUT2D eigenvalue weighted by molar-refractivity contribution is 5.33. The molecule has 1 atom stereocenters. The van der Waals surface area contributed by atoms with E-state index in [1.165, 1.54) is 11.3 Å². The van der Waals surface area contributed by atoms with E-state index in [0.717, 1.165) is 30.9 Å². The van der Waals surface area contributed by atoms with Crippen LogP contribution >= 0.6 is 0 Å². The normalized spacial score (nSPS) is 12.8. The average molecular weight is 276 g/mol. The van der Waals surface area contributed by atoms with Gasteiger partial charge in [0.25, 0.3) is 0 Å². The molecule has 0 bridgehead atoms. The lowest BCUT2D eigenvalue weighted by molar-refractivity contribution is 0.509. The predicted octanol–water partition coefficient (Wildman–Crippen LogP) is 1.74. The fourth-order valence-electron chi connectivity index (χ4n) is 2.64. The third-order valence-corrected chi connectivity index (χ3v) is 3.64. The van der Waals surface area contributed by atoms with Gasteiger partial charge in [0.1, 0.15) is 0 Å². The highest BCUT2D eigenvalue weighted by Gasteiger charge is 2.24. The zero-order valence-electron chi connectivity index (χ0n) is 13.0. The molecule has 0 radical (unpaired) electrons. The number of rotatable bonds is 6. The van der Waals surface area contributed by atoms with Gasteiger partial charge in [-0.1, -0.05) is 19.1 Å². The first-order chi connectivity index (χ1) is 9.60. The molecule has 0 saturated heterocycles. The Morgan fingerprint density at radius 1 is 1.30 bits per heavy atom. The molecule has 0 aromatic carbocycles. The molecule has 110 valence electrons. The lowest BCUT2D eigenvalue weighted by Crippen LogP contribution is -2.26. The van der Waals surface area contributed by atoms with Crippen molar-refractivity contribution in [2.45, 2.75) is 46.7 Å². The molecule has 6 heteroatoms. The maximum Gasteiger partial charge on any atom is 0.0803 e. The van der Waals surface area contributed by atoms with Crippen LogP contribution in [0.2, 0.25) is 0 Å². The van der Waals surface area contributed by atoms with Crippen LogP contribution in [0.1, 0.15) is 49.0 Å². The summed E-state index contributed by atoms with van der Waals surface area (Å²) < 4.78 is 3.92. The number of hydrogen-bond donors (Lipinski definition) is 1. The molecule has 0 aliphatic carbocycles. The molecule has 6 nitrogen and oxygen atoms in total. The van der Waals surface area contributed by atoms with Crippen molar-refractivity contribution in [3.05, 3.63) is 28.8 Å². The van der Waals surface area contributed by atoms with Crippen molar-refractivity contribution in [1.82, 2.24) is 30.1 Å². The third-order valence-electron chi connectivity index (χ3n) is 3.64. The van der Waals surface area contributed by atoms with Gasteiger partial charge in [-0.25, -0.2) is 4.68 Å². The third kappa shape index (κ3) is 2.60. The van der Waals surface area contributed by atoms with Gasteiger partial charge in [0.05, 0.1) is 23.6 Å². The van der Waals surface area contributed by atoms with Crippen molar-refractivity contribution in [3.63, 3.8) is 0 Å². The van der Waals surface area contributed by atoms with Crippen LogP contribution in [0.5, 0.6) is 0 Å². The van der Waals surface area contributed by atoms with Crippen molar-refractivity contribution >= 4 is 0 Å². The number of nitrogens with zero attached hydrogens (tertiary/aromatic N) is 5. The second-order valence-corrected chi connectivity index (χ2v) is 5.08. The van der Waals surface area contributed by atoms with Crippen LogP contribution in [0.25, 0.3) is 0 Å². The Labute approximate surface area is 120 Å². The molecular weight excluding hydrogens is 252 g/mol. The van der Waals surface area contributed by atoms with E-state index in [1.807, 2.05) is 22.6 Å². The fourth-order valence-corrected chi connectivity index (χ4v) is 2.64. The van der Waals surface area contributed by atoms with Crippen LogP contribution in [0.3, 0.4) is 0 Å². The Hall–Kier alpha value is -1.69. The van der Waals surface area contributed by atoms with Gasteiger partial charge in [-0.3, -0.25) is 4.68 Å². The van der Waals surface area contributed by atoms with E-state index >= 15 is 0 Å². The molecule has 0 saturated carbocycles. The number of aryl methyl sites for hydroxylation is 3. The summed E-state index contributed by atoms with van der Waals surface area (Å²) in [6.45, 7) is 10.2. The fraction of sp³-hybridized carbons (Fsp3) is 0.643. The summed E-state index contributed by atoms with van der Waals surface area (Å²) >= 11 is 0. The Morgan fingerprint density at radius 2 is 2.05 bits per heavy atom. The smallest absolute Gasteiger partial charge is 0.0803 e. The van der Waals surface area contributed by atoms with E-state index < -0.39 is 0 Å². The first-order valence-corrected chi connectivity index (χ1v) is 7.21. The molecular formula is C14H24N6. The lowest BCUT2D eigenvalue weighted by atomic mass is 10.0. The van der Waals surface area contributed by atoms with Gasteiger partial charge >= 0.3 is 0 Å². The molecule has 0 amide bonds. The van der Waals surface area contributed by atoms with E-state index in [9.17, 15) is 0 Å². The monoisotopic (exact) mass is 276 g/mol. The van der Waals surface area contributed by atoms with Crippen molar-refractivity contribution in [2.75, 3.05) is 6.54 Å². The SMILES string of the molecule is CCCn1nncc1C(NCC)c1c(C)nn(C)c1C. The maximum absolute atomic E-state index is 4.53. The maximum atomic E-state index is 4.53. The van der Waals surface area contributed by atoms with Crippen molar-refractivity contribution in [1.29, 1.82) is 0 Å². The molecule has 20 heavy (non-hydrogen) atoms. The van der Waals surface area contributed by atoms with Crippen LogP contribution in [0.15, 0.2) is 6.20 Å². The molecule has 1 N–H and O–H groups in total. The van der Waals surface area contributed by atoms with Gasteiger partial charge in [-0.05, 0) is 26.8 Å². The molecule has 1 unspecified atom stereocenters. The van der Waals surface area contributed by atoms with Crippen molar-refractivity contribution in [2.24, 2.45) is 7.05 Å². The summed E-state index contributed by atoms with van der Waals surface area (Å²) in [5.74, 6) is 0. The molecule has 0 aliphatic rings. The van der Waals surface area contributed by atoms with Crippen molar-refractivity contribution < 1.29 is 0 Å². The molecule has 2 aromatic heterocycles. The summed E-state index contributed by atoms with van der Waals surface area (Å²) in [5.41, 5.74) is 4.57. The van der Waals surface area contributed by atoms with E-state index in [-0.39, 0.29) is 6.04 Å². The van der Waals surface area contributed by atoms with Gasteiger partial charge in [0, 0.05) is 24.8 Å². The molecule has 2 aromatic rings. The Morgan fingerprint density at radius 3 is 2.60 bits per heavy atom. The number of aromatic nitrogens is 5. The van der Waals surface area contributed by atoms with Crippen molar-refractivity contribution in [3.8, 4) is 0 Å². The van der Waals surface area contributed by atoms with E-state index in [2.05, 4.69) is 48.4 Å². The Balaban J connectivity index is 2.48. The van der Waals surface area contributed by atoms with Gasteiger partial charge < -0.3 is 5.32 Å². The van der Waals surface area contributed by atoms with E-state index in [0.29, 0.717) is 0 Å². The average Bonchev–Trinajstić information content (AvgIpc) is 2.95. The van der Waals surface area contributed by atoms with Crippen LogP contribution in [0.4, 0.5) is 0 Å². The van der Waals surface area contributed by atoms with Crippen LogP contribution in [0, 0.1) is 13.8 Å². The van der Waals surface area contributed by atoms with E-state index in [1.54, 1.807) is 0 Å². The summed E-state index contributed by atoms with van der Waals surface area (Å²) in [6, 6.07) is 0.0928.